The largest absolute Gasteiger partial charge is 0.370 e. The second-order valence-corrected chi connectivity index (χ2v) is 6.42. The first-order chi connectivity index (χ1) is 13.3. The molecule has 3 heteroatoms. The Balaban J connectivity index is 1.68. The van der Waals surface area contributed by atoms with Gasteiger partial charge in [-0.1, -0.05) is 91.0 Å². The quantitative estimate of drug-likeness (QED) is 0.496. The van der Waals surface area contributed by atoms with Crippen LogP contribution in [-0.4, -0.2) is 18.5 Å². The van der Waals surface area contributed by atoms with Gasteiger partial charge in [-0.3, -0.25) is 0 Å². The number of rotatable bonds is 10. The van der Waals surface area contributed by atoms with E-state index >= 15 is 0 Å². The Hall–Kier alpha value is -2.75. The van der Waals surface area contributed by atoms with Crippen molar-refractivity contribution in [3.63, 3.8) is 0 Å². The summed E-state index contributed by atoms with van der Waals surface area (Å²) in [6.07, 6.45) is 0.482. The number of carbonyl (C=O) groups excluding carboxylic acids is 1. The van der Waals surface area contributed by atoms with Crippen molar-refractivity contribution in [1.29, 1.82) is 0 Å². The first-order valence-corrected chi connectivity index (χ1v) is 9.15. The molecule has 0 heterocycles. The number of benzene rings is 3. The van der Waals surface area contributed by atoms with Crippen LogP contribution in [-0.2, 0) is 33.9 Å². The number of carbonyl (C=O) groups is 1. The van der Waals surface area contributed by atoms with Gasteiger partial charge in [0.25, 0.3) is 0 Å². The Bertz CT molecular complexity index is 788. The van der Waals surface area contributed by atoms with Gasteiger partial charge in [0.05, 0.1) is 19.3 Å². The summed E-state index contributed by atoms with van der Waals surface area (Å²) in [5.41, 5.74) is 3.22. The summed E-state index contributed by atoms with van der Waals surface area (Å²) >= 11 is 0. The molecule has 0 aliphatic rings. The molecule has 0 aromatic heterocycles. The highest BCUT2D eigenvalue weighted by Gasteiger charge is 2.23. The average Bonchev–Trinajstić information content (AvgIpc) is 2.74. The third kappa shape index (κ3) is 6.17. The smallest absolute Gasteiger partial charge is 0.151 e. The van der Waals surface area contributed by atoms with Crippen LogP contribution in [0.5, 0.6) is 0 Å². The Kier molecular flexibility index (Phi) is 7.34. The fourth-order valence-electron chi connectivity index (χ4n) is 2.89. The maximum Gasteiger partial charge on any atom is 0.151 e. The van der Waals surface area contributed by atoms with Crippen molar-refractivity contribution in [2.75, 3.05) is 0 Å². The van der Waals surface area contributed by atoms with Crippen molar-refractivity contribution in [2.24, 2.45) is 0 Å². The lowest BCUT2D eigenvalue weighted by atomic mass is 10.0. The molecule has 0 saturated heterocycles. The van der Waals surface area contributed by atoms with Gasteiger partial charge in [-0.25, -0.2) is 0 Å². The molecule has 3 nitrogen and oxygen atoms in total. The molecule has 2 atom stereocenters. The van der Waals surface area contributed by atoms with Crippen LogP contribution in [0.1, 0.15) is 16.7 Å². The minimum Gasteiger partial charge on any atom is -0.370 e. The van der Waals surface area contributed by atoms with Gasteiger partial charge in [0.15, 0.2) is 6.29 Å². The highest BCUT2D eigenvalue weighted by molar-refractivity contribution is 5.57. The molecule has 0 radical (unpaired) electrons. The van der Waals surface area contributed by atoms with Crippen molar-refractivity contribution in [3.05, 3.63) is 108 Å². The van der Waals surface area contributed by atoms with Crippen LogP contribution in [0.4, 0.5) is 0 Å². The molecule has 0 unspecified atom stereocenters. The van der Waals surface area contributed by atoms with Gasteiger partial charge < -0.3 is 14.3 Å². The third-order valence-corrected chi connectivity index (χ3v) is 4.37. The molecule has 0 fully saturated rings. The Morgan fingerprint density at radius 1 is 0.630 bits per heavy atom. The van der Waals surface area contributed by atoms with E-state index in [0.717, 1.165) is 23.0 Å². The van der Waals surface area contributed by atoms with Crippen molar-refractivity contribution in [3.8, 4) is 0 Å². The summed E-state index contributed by atoms with van der Waals surface area (Å²) < 4.78 is 12.0. The van der Waals surface area contributed by atoms with E-state index in [1.54, 1.807) is 0 Å². The molecular weight excluding hydrogens is 336 g/mol. The van der Waals surface area contributed by atoms with Crippen LogP contribution in [0.25, 0.3) is 0 Å². The van der Waals surface area contributed by atoms with Gasteiger partial charge in [-0.2, -0.15) is 0 Å². The summed E-state index contributed by atoms with van der Waals surface area (Å²) in [7, 11) is 0. The standard InChI is InChI=1S/C24H24O3/c25-17-24(27-19-22-14-8-3-9-15-22)23(16-20-10-4-1-5-11-20)26-18-21-12-6-2-7-13-21/h1-15,17,23-24H,16,18-19H2/t23-,24+/m1/s1. The minimum atomic E-state index is -0.630. The van der Waals surface area contributed by atoms with E-state index < -0.39 is 6.10 Å². The van der Waals surface area contributed by atoms with E-state index in [2.05, 4.69) is 0 Å². The first-order valence-electron chi connectivity index (χ1n) is 9.15. The highest BCUT2D eigenvalue weighted by Crippen LogP contribution is 2.15. The van der Waals surface area contributed by atoms with E-state index in [1.165, 1.54) is 0 Å². The zero-order valence-electron chi connectivity index (χ0n) is 15.2. The number of aldehydes is 1. The van der Waals surface area contributed by atoms with Gasteiger partial charge in [0.1, 0.15) is 6.10 Å². The molecular formula is C24H24O3. The normalized spacial score (nSPS) is 13.0. The van der Waals surface area contributed by atoms with E-state index in [0.29, 0.717) is 19.6 Å². The SMILES string of the molecule is O=C[C@H](OCc1ccccc1)[C@@H](Cc1ccccc1)OCc1ccccc1. The average molecular weight is 360 g/mol. The topological polar surface area (TPSA) is 35.5 Å². The lowest BCUT2D eigenvalue weighted by molar-refractivity contribution is -0.132. The number of hydrogen-bond donors (Lipinski definition) is 0. The molecule has 0 aliphatic carbocycles. The molecule has 0 aliphatic heterocycles. The fourth-order valence-corrected chi connectivity index (χ4v) is 2.89. The van der Waals surface area contributed by atoms with Gasteiger partial charge in [-0.15, -0.1) is 0 Å². The molecule has 0 spiro atoms. The maximum absolute atomic E-state index is 11.8. The highest BCUT2D eigenvalue weighted by atomic mass is 16.5. The summed E-state index contributed by atoms with van der Waals surface area (Å²) in [6, 6.07) is 29.9. The molecule has 0 saturated carbocycles. The van der Waals surface area contributed by atoms with Gasteiger partial charge >= 0.3 is 0 Å². The monoisotopic (exact) mass is 360 g/mol. The molecule has 0 amide bonds. The van der Waals surface area contributed by atoms with Crippen molar-refractivity contribution in [1.82, 2.24) is 0 Å². The summed E-state index contributed by atoms with van der Waals surface area (Å²) in [6.45, 7) is 0.821. The molecule has 3 rings (SSSR count). The number of hydrogen-bond acceptors (Lipinski definition) is 3. The Morgan fingerprint density at radius 3 is 1.56 bits per heavy atom. The zero-order valence-corrected chi connectivity index (χ0v) is 15.2. The maximum atomic E-state index is 11.8. The predicted molar refractivity (Wildman–Crippen MR) is 106 cm³/mol. The second-order valence-electron chi connectivity index (χ2n) is 6.42. The van der Waals surface area contributed by atoms with E-state index in [-0.39, 0.29) is 6.10 Å². The van der Waals surface area contributed by atoms with Crippen molar-refractivity contribution in [2.45, 2.75) is 31.8 Å². The van der Waals surface area contributed by atoms with E-state index in [9.17, 15) is 4.79 Å². The van der Waals surface area contributed by atoms with Crippen LogP contribution in [0.3, 0.4) is 0 Å². The Labute approximate surface area is 160 Å². The van der Waals surface area contributed by atoms with Crippen molar-refractivity contribution >= 4 is 6.29 Å². The van der Waals surface area contributed by atoms with Crippen molar-refractivity contribution < 1.29 is 14.3 Å². The molecule has 3 aromatic carbocycles. The molecule has 27 heavy (non-hydrogen) atoms. The molecule has 3 aromatic rings. The summed E-state index contributed by atoms with van der Waals surface area (Å²) in [5.74, 6) is 0. The minimum absolute atomic E-state index is 0.353. The van der Waals surface area contributed by atoms with Crippen LogP contribution < -0.4 is 0 Å². The van der Waals surface area contributed by atoms with Crippen LogP contribution in [0.15, 0.2) is 91.0 Å². The van der Waals surface area contributed by atoms with Gasteiger partial charge in [-0.05, 0) is 16.7 Å². The lowest BCUT2D eigenvalue weighted by Gasteiger charge is -2.24. The zero-order chi connectivity index (χ0) is 18.7. The Morgan fingerprint density at radius 2 is 1.07 bits per heavy atom. The van der Waals surface area contributed by atoms with Gasteiger partial charge in [0, 0.05) is 6.42 Å². The lowest BCUT2D eigenvalue weighted by Crippen LogP contribution is -2.34. The van der Waals surface area contributed by atoms with Crippen LogP contribution in [0, 0.1) is 0 Å². The predicted octanol–water partition coefficient (Wildman–Crippen LogP) is 4.60. The summed E-state index contributed by atoms with van der Waals surface area (Å²) in [5, 5.41) is 0. The molecule has 138 valence electrons. The third-order valence-electron chi connectivity index (χ3n) is 4.37. The van der Waals surface area contributed by atoms with E-state index in [1.807, 2.05) is 91.0 Å². The van der Waals surface area contributed by atoms with Crippen LogP contribution in [0.2, 0.25) is 0 Å². The van der Waals surface area contributed by atoms with Gasteiger partial charge in [0.2, 0.25) is 0 Å². The van der Waals surface area contributed by atoms with Crippen LogP contribution >= 0.6 is 0 Å². The second kappa shape index (κ2) is 10.4. The first kappa shape index (κ1) is 19.0. The number of ether oxygens (including phenoxy) is 2. The molecule has 0 N–H and O–H groups in total. The fraction of sp³-hybridized carbons (Fsp3) is 0.208. The summed E-state index contributed by atoms with van der Waals surface area (Å²) in [4.78, 5) is 11.8. The molecule has 0 bridgehead atoms. The van der Waals surface area contributed by atoms with E-state index in [4.69, 9.17) is 9.47 Å².